The first kappa shape index (κ1) is 12.7. The lowest BCUT2D eigenvalue weighted by atomic mass is 10.1. The van der Waals surface area contributed by atoms with Gasteiger partial charge in [0.1, 0.15) is 0 Å². The molecule has 1 saturated heterocycles. The van der Waals surface area contributed by atoms with E-state index in [1.54, 1.807) is 0 Å². The molecule has 1 fully saturated rings. The smallest absolute Gasteiger partial charge is 0.166 e. The molecule has 0 unspecified atom stereocenters. The van der Waals surface area contributed by atoms with E-state index in [0.29, 0.717) is 11.2 Å². The van der Waals surface area contributed by atoms with Crippen molar-refractivity contribution in [3.05, 3.63) is 0 Å². The molecule has 0 bridgehead atoms. The van der Waals surface area contributed by atoms with Crippen molar-refractivity contribution in [1.29, 1.82) is 0 Å². The van der Waals surface area contributed by atoms with Gasteiger partial charge in [-0.15, -0.1) is 0 Å². The first-order valence-electron chi connectivity index (χ1n) is 5.59. The summed E-state index contributed by atoms with van der Waals surface area (Å²) in [6.45, 7) is 9.29. The van der Waals surface area contributed by atoms with E-state index in [0.717, 1.165) is 19.4 Å². The SMILES string of the molecule is C[C@H](NC(=S)NC(C)(C)C)[C@@H]1CCCO1. The minimum atomic E-state index is 0.0142. The van der Waals surface area contributed by atoms with Crippen LogP contribution in [-0.2, 0) is 4.74 Å². The molecule has 88 valence electrons. The molecule has 0 spiro atoms. The van der Waals surface area contributed by atoms with Crippen LogP contribution in [0.4, 0.5) is 0 Å². The van der Waals surface area contributed by atoms with Crippen molar-refractivity contribution < 1.29 is 4.74 Å². The fourth-order valence-corrected chi connectivity index (χ4v) is 2.17. The van der Waals surface area contributed by atoms with Crippen LogP contribution in [0.2, 0.25) is 0 Å². The Kier molecular flexibility index (Phi) is 4.34. The number of nitrogens with one attached hydrogen (secondary N) is 2. The van der Waals surface area contributed by atoms with Gasteiger partial charge in [0.25, 0.3) is 0 Å². The molecule has 3 nitrogen and oxygen atoms in total. The van der Waals surface area contributed by atoms with E-state index in [-0.39, 0.29) is 11.6 Å². The Morgan fingerprint density at radius 3 is 2.60 bits per heavy atom. The maximum atomic E-state index is 5.60. The molecule has 4 heteroatoms. The van der Waals surface area contributed by atoms with E-state index in [9.17, 15) is 0 Å². The van der Waals surface area contributed by atoms with Crippen LogP contribution in [0.25, 0.3) is 0 Å². The lowest BCUT2D eigenvalue weighted by molar-refractivity contribution is 0.0891. The zero-order valence-corrected chi connectivity index (χ0v) is 10.9. The summed E-state index contributed by atoms with van der Waals surface area (Å²) < 4.78 is 5.60. The minimum absolute atomic E-state index is 0.0142. The fraction of sp³-hybridized carbons (Fsp3) is 0.909. The van der Waals surface area contributed by atoms with Crippen LogP contribution in [0.1, 0.15) is 40.5 Å². The lowest BCUT2D eigenvalue weighted by Crippen LogP contribution is -2.51. The quantitative estimate of drug-likeness (QED) is 0.709. The summed E-state index contributed by atoms with van der Waals surface area (Å²) in [6.07, 6.45) is 2.60. The predicted octanol–water partition coefficient (Wildman–Crippen LogP) is 1.82. The number of thiocarbonyl (C=S) groups is 1. The summed E-state index contributed by atoms with van der Waals surface area (Å²) in [5.41, 5.74) is 0.0142. The Morgan fingerprint density at radius 2 is 2.13 bits per heavy atom. The third-order valence-corrected chi connectivity index (χ3v) is 2.59. The molecule has 1 heterocycles. The second-order valence-corrected chi connectivity index (χ2v) is 5.60. The number of hydrogen-bond donors (Lipinski definition) is 2. The molecule has 1 rings (SSSR count). The van der Waals surface area contributed by atoms with Gasteiger partial charge in [-0.1, -0.05) is 0 Å². The predicted molar refractivity (Wildman–Crippen MR) is 67.1 cm³/mol. The summed E-state index contributed by atoms with van der Waals surface area (Å²) in [6, 6.07) is 0.287. The van der Waals surface area contributed by atoms with Crippen LogP contribution in [0.5, 0.6) is 0 Å². The molecule has 2 N–H and O–H groups in total. The van der Waals surface area contributed by atoms with Crippen LogP contribution >= 0.6 is 12.2 Å². The second kappa shape index (κ2) is 5.12. The molecule has 0 radical (unpaired) electrons. The van der Waals surface area contributed by atoms with Gasteiger partial charge >= 0.3 is 0 Å². The van der Waals surface area contributed by atoms with Crippen LogP contribution in [0.15, 0.2) is 0 Å². The van der Waals surface area contributed by atoms with Gasteiger partial charge in [-0.2, -0.15) is 0 Å². The van der Waals surface area contributed by atoms with Crippen molar-refractivity contribution >= 4 is 17.3 Å². The fourth-order valence-electron chi connectivity index (χ4n) is 1.67. The Labute approximate surface area is 98.0 Å². The molecule has 15 heavy (non-hydrogen) atoms. The van der Waals surface area contributed by atoms with E-state index < -0.39 is 0 Å². The number of rotatable bonds is 2. The highest BCUT2D eigenvalue weighted by Gasteiger charge is 2.23. The Hall–Kier alpha value is -0.350. The van der Waals surface area contributed by atoms with Gasteiger partial charge in [0, 0.05) is 12.1 Å². The monoisotopic (exact) mass is 230 g/mol. The molecule has 0 aliphatic carbocycles. The summed E-state index contributed by atoms with van der Waals surface area (Å²) in [4.78, 5) is 0. The molecule has 0 amide bonds. The summed E-state index contributed by atoms with van der Waals surface area (Å²) in [7, 11) is 0. The van der Waals surface area contributed by atoms with Gasteiger partial charge in [0.05, 0.1) is 12.1 Å². The van der Waals surface area contributed by atoms with E-state index >= 15 is 0 Å². The van der Waals surface area contributed by atoms with Gasteiger partial charge in [0.2, 0.25) is 0 Å². The topological polar surface area (TPSA) is 33.3 Å². The first-order valence-corrected chi connectivity index (χ1v) is 5.99. The zero-order valence-electron chi connectivity index (χ0n) is 10.1. The number of hydrogen-bond acceptors (Lipinski definition) is 2. The van der Waals surface area contributed by atoms with Gasteiger partial charge in [-0.05, 0) is 52.8 Å². The highest BCUT2D eigenvalue weighted by atomic mass is 32.1. The lowest BCUT2D eigenvalue weighted by Gasteiger charge is -2.27. The largest absolute Gasteiger partial charge is 0.376 e. The Bertz CT molecular complexity index is 219. The van der Waals surface area contributed by atoms with Crippen LogP contribution in [-0.4, -0.2) is 29.4 Å². The van der Waals surface area contributed by atoms with Crippen molar-refractivity contribution in [2.75, 3.05) is 6.61 Å². The van der Waals surface area contributed by atoms with Gasteiger partial charge < -0.3 is 15.4 Å². The molecular weight excluding hydrogens is 208 g/mol. The standard InChI is InChI=1S/C11H22N2OS/c1-8(9-6-5-7-14-9)12-10(15)13-11(2,3)4/h8-9H,5-7H2,1-4H3,(H2,12,13,15)/t8-,9-/m0/s1. The molecular formula is C11H22N2OS. The second-order valence-electron chi connectivity index (χ2n) is 5.19. The molecule has 0 aromatic carbocycles. The third kappa shape index (κ3) is 4.80. The highest BCUT2D eigenvalue weighted by Crippen LogP contribution is 2.15. The van der Waals surface area contributed by atoms with Gasteiger partial charge in [-0.3, -0.25) is 0 Å². The minimum Gasteiger partial charge on any atom is -0.376 e. The third-order valence-electron chi connectivity index (χ3n) is 2.37. The van der Waals surface area contributed by atoms with E-state index in [4.69, 9.17) is 17.0 Å². The first-order chi connectivity index (χ1) is 6.88. The van der Waals surface area contributed by atoms with Crippen LogP contribution in [0, 0.1) is 0 Å². The van der Waals surface area contributed by atoms with Crippen molar-refractivity contribution in [2.45, 2.75) is 58.2 Å². The summed E-state index contributed by atoms with van der Waals surface area (Å²) >= 11 is 5.24. The van der Waals surface area contributed by atoms with Crippen molar-refractivity contribution in [2.24, 2.45) is 0 Å². The van der Waals surface area contributed by atoms with Crippen molar-refractivity contribution in [3.63, 3.8) is 0 Å². The summed E-state index contributed by atoms with van der Waals surface area (Å²) in [5, 5.41) is 7.23. The average molecular weight is 230 g/mol. The molecule has 1 aliphatic heterocycles. The average Bonchev–Trinajstić information content (AvgIpc) is 2.50. The van der Waals surface area contributed by atoms with Crippen LogP contribution < -0.4 is 10.6 Å². The van der Waals surface area contributed by atoms with Crippen molar-refractivity contribution in [3.8, 4) is 0 Å². The van der Waals surface area contributed by atoms with E-state index in [2.05, 4.69) is 38.3 Å². The molecule has 1 aliphatic rings. The molecule has 0 aromatic heterocycles. The Morgan fingerprint density at radius 1 is 1.47 bits per heavy atom. The van der Waals surface area contributed by atoms with Crippen molar-refractivity contribution in [1.82, 2.24) is 10.6 Å². The maximum absolute atomic E-state index is 5.60. The zero-order chi connectivity index (χ0) is 11.5. The molecule has 0 aromatic rings. The Balaban J connectivity index is 2.30. The van der Waals surface area contributed by atoms with Gasteiger partial charge in [0.15, 0.2) is 5.11 Å². The number of ether oxygens (including phenoxy) is 1. The van der Waals surface area contributed by atoms with E-state index in [1.165, 1.54) is 0 Å². The molecule has 2 atom stereocenters. The van der Waals surface area contributed by atoms with Crippen LogP contribution in [0.3, 0.4) is 0 Å². The maximum Gasteiger partial charge on any atom is 0.166 e. The summed E-state index contributed by atoms with van der Waals surface area (Å²) in [5.74, 6) is 0. The molecule has 0 saturated carbocycles. The van der Waals surface area contributed by atoms with Gasteiger partial charge in [-0.25, -0.2) is 0 Å². The highest BCUT2D eigenvalue weighted by molar-refractivity contribution is 7.80. The normalized spacial score (nSPS) is 23.6. The van der Waals surface area contributed by atoms with E-state index in [1.807, 2.05) is 0 Å².